The lowest BCUT2D eigenvalue weighted by atomic mass is 10.0. The molecule has 0 radical (unpaired) electrons. The first-order chi connectivity index (χ1) is 26.7. The molecule has 0 bridgehead atoms. The average Bonchev–Trinajstić information content (AvgIpc) is 3.78. The van der Waals surface area contributed by atoms with Crippen LogP contribution >= 0.6 is 0 Å². The van der Waals surface area contributed by atoms with Gasteiger partial charge in [0.1, 0.15) is 11.2 Å². The van der Waals surface area contributed by atoms with E-state index < -0.39 is 0 Å². The van der Waals surface area contributed by atoms with Gasteiger partial charge in [-0.05, 0) is 64.4 Å². The predicted octanol–water partition coefficient (Wildman–Crippen LogP) is 12.7. The van der Waals surface area contributed by atoms with Crippen molar-refractivity contribution in [3.05, 3.63) is 182 Å². The van der Waals surface area contributed by atoms with Crippen LogP contribution in [-0.2, 0) is 0 Å². The minimum atomic E-state index is 0.605. The van der Waals surface area contributed by atoms with Crippen molar-refractivity contribution in [2.75, 3.05) is 0 Å². The Morgan fingerprint density at radius 2 is 0.944 bits per heavy atom. The van der Waals surface area contributed by atoms with Crippen LogP contribution in [0.25, 0.3) is 105 Å². The van der Waals surface area contributed by atoms with Crippen molar-refractivity contribution in [2.45, 2.75) is 0 Å². The van der Waals surface area contributed by atoms with E-state index in [4.69, 9.17) is 19.4 Å². The normalized spacial score (nSPS) is 11.7. The molecule has 0 amide bonds. The molecule has 5 heteroatoms. The van der Waals surface area contributed by atoms with Crippen LogP contribution in [0.3, 0.4) is 0 Å². The van der Waals surface area contributed by atoms with Gasteiger partial charge in [0, 0.05) is 43.9 Å². The standard InChI is InChI=1S/C49H30N4O/c1-2-11-33(12-3-1)47-50-48(52-49(51-47)40-17-10-20-45-46(40)39-16-7-9-19-44(39)54-45)34-23-21-31(22-24-34)32-25-27-37(28-26-32)53-42-18-8-6-15-38(42)41-29-35-13-4-5-14-36(35)30-43(41)53/h1-30H. The molecule has 0 saturated carbocycles. The number of para-hydroxylation sites is 2. The van der Waals surface area contributed by atoms with Crippen LogP contribution in [0, 0.1) is 0 Å². The Kier molecular flexibility index (Phi) is 6.79. The Balaban J connectivity index is 0.983. The van der Waals surface area contributed by atoms with E-state index in [9.17, 15) is 0 Å². The lowest BCUT2D eigenvalue weighted by Crippen LogP contribution is -2.00. The fourth-order valence-electron chi connectivity index (χ4n) is 7.85. The number of nitrogens with zero attached hydrogens (tertiary/aromatic N) is 4. The van der Waals surface area contributed by atoms with Crippen molar-refractivity contribution >= 4 is 54.5 Å². The molecule has 11 rings (SSSR count). The summed E-state index contributed by atoms with van der Waals surface area (Å²) in [5.74, 6) is 1.84. The lowest BCUT2D eigenvalue weighted by molar-refractivity contribution is 0.669. The minimum Gasteiger partial charge on any atom is -0.456 e. The van der Waals surface area contributed by atoms with E-state index in [2.05, 4.69) is 126 Å². The second-order valence-corrected chi connectivity index (χ2v) is 13.6. The SMILES string of the molecule is c1ccc(-c2nc(-c3ccc(-c4ccc(-n5c6ccccc6c6cc7ccccc7cc65)cc4)cc3)nc(-c3cccc4oc5ccccc5c34)n2)cc1. The van der Waals surface area contributed by atoms with Crippen LogP contribution in [0.15, 0.2) is 186 Å². The fraction of sp³-hybridized carbons (Fsp3) is 0. The Morgan fingerprint density at radius 1 is 0.370 bits per heavy atom. The summed E-state index contributed by atoms with van der Waals surface area (Å²) in [5, 5.41) is 7.03. The van der Waals surface area contributed by atoms with Crippen LogP contribution in [0.2, 0.25) is 0 Å². The van der Waals surface area contributed by atoms with Gasteiger partial charge in [-0.1, -0.05) is 140 Å². The number of benzene rings is 8. The number of fused-ring (bicyclic) bond motifs is 7. The molecule has 0 aliphatic rings. The summed E-state index contributed by atoms with van der Waals surface area (Å²) < 4.78 is 8.58. The summed E-state index contributed by atoms with van der Waals surface area (Å²) in [6, 6.07) is 63.4. The maximum atomic E-state index is 6.21. The zero-order chi connectivity index (χ0) is 35.6. The molecule has 0 atom stereocenters. The van der Waals surface area contributed by atoms with Crippen molar-refractivity contribution in [2.24, 2.45) is 0 Å². The first kappa shape index (κ1) is 30.3. The third-order valence-corrected chi connectivity index (χ3v) is 10.5. The third-order valence-electron chi connectivity index (χ3n) is 10.5. The highest BCUT2D eigenvalue weighted by Crippen LogP contribution is 2.38. The molecule has 0 unspecified atom stereocenters. The third kappa shape index (κ3) is 4.90. The van der Waals surface area contributed by atoms with Gasteiger partial charge in [-0.25, -0.2) is 15.0 Å². The molecule has 3 aromatic heterocycles. The molecular formula is C49H30N4O. The summed E-state index contributed by atoms with van der Waals surface area (Å²) >= 11 is 0. The monoisotopic (exact) mass is 690 g/mol. The van der Waals surface area contributed by atoms with E-state index in [1.807, 2.05) is 60.7 Å². The Labute approximate surface area is 310 Å². The first-order valence-corrected chi connectivity index (χ1v) is 18.1. The van der Waals surface area contributed by atoms with E-state index in [0.717, 1.165) is 55.4 Å². The molecule has 0 spiro atoms. The summed E-state index contributed by atoms with van der Waals surface area (Å²) in [6.45, 7) is 0. The van der Waals surface area contributed by atoms with Gasteiger partial charge in [-0.3, -0.25) is 0 Å². The zero-order valence-corrected chi connectivity index (χ0v) is 29.0. The average molecular weight is 691 g/mol. The zero-order valence-electron chi connectivity index (χ0n) is 29.0. The van der Waals surface area contributed by atoms with E-state index in [-0.39, 0.29) is 0 Å². The molecular weight excluding hydrogens is 661 g/mol. The number of aromatic nitrogens is 4. The van der Waals surface area contributed by atoms with Gasteiger partial charge in [0.05, 0.1) is 11.0 Å². The van der Waals surface area contributed by atoms with E-state index in [0.29, 0.717) is 17.5 Å². The van der Waals surface area contributed by atoms with Crippen LogP contribution in [-0.4, -0.2) is 19.5 Å². The molecule has 0 saturated heterocycles. The van der Waals surface area contributed by atoms with Gasteiger partial charge in [0.25, 0.3) is 0 Å². The van der Waals surface area contributed by atoms with Gasteiger partial charge in [-0.15, -0.1) is 0 Å². The highest BCUT2D eigenvalue weighted by molar-refractivity contribution is 6.14. The first-order valence-electron chi connectivity index (χ1n) is 18.1. The number of hydrogen-bond acceptors (Lipinski definition) is 4. The van der Waals surface area contributed by atoms with Crippen molar-refractivity contribution in [3.8, 4) is 51.0 Å². The number of furan rings is 1. The van der Waals surface area contributed by atoms with E-state index in [1.54, 1.807) is 0 Å². The Bertz CT molecular complexity index is 3200. The molecule has 3 heterocycles. The highest BCUT2D eigenvalue weighted by atomic mass is 16.3. The van der Waals surface area contributed by atoms with Gasteiger partial charge >= 0.3 is 0 Å². The van der Waals surface area contributed by atoms with Gasteiger partial charge in [-0.2, -0.15) is 0 Å². The van der Waals surface area contributed by atoms with Gasteiger partial charge in [0.15, 0.2) is 17.5 Å². The summed E-state index contributed by atoms with van der Waals surface area (Å²) in [6.07, 6.45) is 0. The number of hydrogen-bond donors (Lipinski definition) is 0. The smallest absolute Gasteiger partial charge is 0.164 e. The highest BCUT2D eigenvalue weighted by Gasteiger charge is 2.18. The van der Waals surface area contributed by atoms with Crippen molar-refractivity contribution < 1.29 is 4.42 Å². The molecule has 5 nitrogen and oxygen atoms in total. The molecule has 0 fully saturated rings. The molecule has 8 aromatic carbocycles. The maximum Gasteiger partial charge on any atom is 0.164 e. The summed E-state index contributed by atoms with van der Waals surface area (Å²) in [7, 11) is 0. The van der Waals surface area contributed by atoms with E-state index in [1.165, 1.54) is 32.6 Å². The molecule has 0 N–H and O–H groups in total. The van der Waals surface area contributed by atoms with Crippen LogP contribution < -0.4 is 0 Å². The van der Waals surface area contributed by atoms with Crippen LogP contribution in [0.5, 0.6) is 0 Å². The van der Waals surface area contributed by atoms with Crippen molar-refractivity contribution in [3.63, 3.8) is 0 Å². The summed E-state index contributed by atoms with van der Waals surface area (Å²) in [4.78, 5) is 15.1. The maximum absolute atomic E-state index is 6.21. The second-order valence-electron chi connectivity index (χ2n) is 13.6. The molecule has 0 aliphatic carbocycles. The largest absolute Gasteiger partial charge is 0.456 e. The van der Waals surface area contributed by atoms with E-state index >= 15 is 0 Å². The molecule has 11 aromatic rings. The number of rotatable bonds is 5. The topological polar surface area (TPSA) is 56.7 Å². The lowest BCUT2D eigenvalue weighted by Gasteiger charge is -2.11. The molecule has 0 aliphatic heterocycles. The van der Waals surface area contributed by atoms with Crippen LogP contribution in [0.1, 0.15) is 0 Å². The Morgan fingerprint density at radius 3 is 1.72 bits per heavy atom. The quantitative estimate of drug-likeness (QED) is 0.180. The van der Waals surface area contributed by atoms with Crippen molar-refractivity contribution in [1.82, 2.24) is 19.5 Å². The second kappa shape index (κ2) is 12.1. The summed E-state index contributed by atoms with van der Waals surface area (Å²) in [5.41, 5.74) is 10.2. The van der Waals surface area contributed by atoms with Gasteiger partial charge < -0.3 is 8.98 Å². The van der Waals surface area contributed by atoms with Gasteiger partial charge in [0.2, 0.25) is 0 Å². The molecule has 54 heavy (non-hydrogen) atoms. The van der Waals surface area contributed by atoms with Crippen LogP contribution in [0.4, 0.5) is 0 Å². The fourth-order valence-corrected chi connectivity index (χ4v) is 7.85. The minimum absolute atomic E-state index is 0.605. The predicted molar refractivity (Wildman–Crippen MR) is 221 cm³/mol. The van der Waals surface area contributed by atoms with Crippen molar-refractivity contribution in [1.29, 1.82) is 0 Å². The Hall–Kier alpha value is -7.37. The molecule has 252 valence electrons.